The van der Waals surface area contributed by atoms with Crippen molar-refractivity contribution < 1.29 is 14.7 Å². The summed E-state index contributed by atoms with van der Waals surface area (Å²) in [6.07, 6.45) is 4.93. The number of rotatable bonds is 7. The summed E-state index contributed by atoms with van der Waals surface area (Å²) in [4.78, 5) is 22.2. The standard InChI is InChI=1S/C13H22N2O3/c1-2-7-14-9-12(16)15-8-10-3-5-11(6-4-10)13(17)18/h2,10-11,14H,1,3-9H2,(H,15,16)(H,17,18). The van der Waals surface area contributed by atoms with Crippen LogP contribution in [0.5, 0.6) is 0 Å². The summed E-state index contributed by atoms with van der Waals surface area (Å²) in [5.41, 5.74) is 0. The highest BCUT2D eigenvalue weighted by Gasteiger charge is 2.25. The zero-order chi connectivity index (χ0) is 13.4. The van der Waals surface area contributed by atoms with E-state index in [1.807, 2.05) is 0 Å². The van der Waals surface area contributed by atoms with Gasteiger partial charge in [0.1, 0.15) is 0 Å². The van der Waals surface area contributed by atoms with E-state index in [4.69, 9.17) is 5.11 Å². The fourth-order valence-electron chi connectivity index (χ4n) is 2.22. The van der Waals surface area contributed by atoms with Crippen LogP contribution in [-0.2, 0) is 9.59 Å². The smallest absolute Gasteiger partial charge is 0.306 e. The molecule has 3 N–H and O–H groups in total. The van der Waals surface area contributed by atoms with Crippen LogP contribution in [0.4, 0.5) is 0 Å². The quantitative estimate of drug-likeness (QED) is 0.463. The highest BCUT2D eigenvalue weighted by molar-refractivity contribution is 5.78. The molecule has 0 aromatic rings. The molecular weight excluding hydrogens is 232 g/mol. The maximum Gasteiger partial charge on any atom is 0.306 e. The first kappa shape index (κ1) is 14.7. The van der Waals surface area contributed by atoms with Gasteiger partial charge in [-0.1, -0.05) is 6.08 Å². The molecule has 0 atom stereocenters. The predicted molar refractivity (Wildman–Crippen MR) is 69.2 cm³/mol. The Morgan fingerprint density at radius 2 is 1.94 bits per heavy atom. The van der Waals surface area contributed by atoms with Crippen LogP contribution in [0.2, 0.25) is 0 Å². The van der Waals surface area contributed by atoms with Gasteiger partial charge >= 0.3 is 5.97 Å². The first-order chi connectivity index (χ1) is 8.63. The molecule has 0 aromatic heterocycles. The zero-order valence-electron chi connectivity index (χ0n) is 10.7. The third kappa shape index (κ3) is 5.31. The lowest BCUT2D eigenvalue weighted by atomic mass is 9.82. The van der Waals surface area contributed by atoms with Gasteiger partial charge in [0.15, 0.2) is 0 Å². The Bertz CT molecular complexity index is 297. The molecule has 0 radical (unpaired) electrons. The van der Waals surface area contributed by atoms with Crippen LogP contribution in [0, 0.1) is 11.8 Å². The Morgan fingerprint density at radius 3 is 2.50 bits per heavy atom. The monoisotopic (exact) mass is 254 g/mol. The fourth-order valence-corrected chi connectivity index (χ4v) is 2.22. The molecule has 0 aromatic carbocycles. The van der Waals surface area contributed by atoms with Crippen LogP contribution in [0.15, 0.2) is 12.7 Å². The van der Waals surface area contributed by atoms with Gasteiger partial charge in [0.25, 0.3) is 0 Å². The lowest BCUT2D eigenvalue weighted by Gasteiger charge is -2.26. The van der Waals surface area contributed by atoms with Gasteiger partial charge in [-0.05, 0) is 31.6 Å². The van der Waals surface area contributed by atoms with Crippen molar-refractivity contribution in [2.24, 2.45) is 11.8 Å². The van der Waals surface area contributed by atoms with Gasteiger partial charge in [-0.25, -0.2) is 0 Å². The number of carbonyl (C=O) groups is 2. The number of carboxylic acid groups (broad SMARTS) is 1. The molecule has 1 rings (SSSR count). The number of hydrogen-bond donors (Lipinski definition) is 3. The molecule has 5 heteroatoms. The minimum Gasteiger partial charge on any atom is -0.481 e. The van der Waals surface area contributed by atoms with Crippen molar-refractivity contribution in [3.8, 4) is 0 Å². The van der Waals surface area contributed by atoms with Crippen LogP contribution >= 0.6 is 0 Å². The summed E-state index contributed by atoms with van der Waals surface area (Å²) in [5.74, 6) is -0.474. The summed E-state index contributed by atoms with van der Waals surface area (Å²) in [6.45, 7) is 5.13. The van der Waals surface area contributed by atoms with Crippen molar-refractivity contribution in [2.75, 3.05) is 19.6 Å². The van der Waals surface area contributed by atoms with Crippen LogP contribution < -0.4 is 10.6 Å². The maximum atomic E-state index is 11.4. The average Bonchev–Trinajstić information content (AvgIpc) is 2.37. The number of aliphatic carboxylic acids is 1. The van der Waals surface area contributed by atoms with Gasteiger partial charge in [-0.3, -0.25) is 9.59 Å². The van der Waals surface area contributed by atoms with Crippen LogP contribution in [0.1, 0.15) is 25.7 Å². The summed E-state index contributed by atoms with van der Waals surface area (Å²) >= 11 is 0. The SMILES string of the molecule is C=CCNCC(=O)NCC1CCC(C(=O)O)CC1. The molecule has 0 saturated heterocycles. The molecule has 1 aliphatic carbocycles. The number of carboxylic acids is 1. The molecule has 18 heavy (non-hydrogen) atoms. The van der Waals surface area contributed by atoms with E-state index in [1.165, 1.54) is 0 Å². The Balaban J connectivity index is 2.12. The second kappa shape index (κ2) is 7.87. The van der Waals surface area contributed by atoms with Crippen molar-refractivity contribution in [1.29, 1.82) is 0 Å². The molecule has 1 amide bonds. The van der Waals surface area contributed by atoms with E-state index in [1.54, 1.807) is 6.08 Å². The fraction of sp³-hybridized carbons (Fsp3) is 0.692. The molecule has 5 nitrogen and oxygen atoms in total. The van der Waals surface area contributed by atoms with Crippen molar-refractivity contribution in [1.82, 2.24) is 10.6 Å². The largest absolute Gasteiger partial charge is 0.481 e. The minimum absolute atomic E-state index is 0.0165. The third-order valence-corrected chi connectivity index (χ3v) is 3.36. The highest BCUT2D eigenvalue weighted by atomic mass is 16.4. The molecular formula is C13H22N2O3. The van der Waals surface area contributed by atoms with E-state index < -0.39 is 5.97 Å². The predicted octanol–water partition coefficient (Wildman–Crippen LogP) is 0.769. The Labute approximate surface area is 108 Å². The van der Waals surface area contributed by atoms with Crippen LogP contribution in [0.3, 0.4) is 0 Å². The van der Waals surface area contributed by atoms with E-state index in [9.17, 15) is 9.59 Å². The van der Waals surface area contributed by atoms with E-state index >= 15 is 0 Å². The lowest BCUT2D eigenvalue weighted by Crippen LogP contribution is -2.37. The summed E-state index contributed by atoms with van der Waals surface area (Å²) in [7, 11) is 0. The second-order valence-electron chi connectivity index (χ2n) is 4.78. The van der Waals surface area contributed by atoms with Gasteiger partial charge in [-0.2, -0.15) is 0 Å². The Morgan fingerprint density at radius 1 is 1.28 bits per heavy atom. The molecule has 102 valence electrons. The molecule has 1 fully saturated rings. The summed E-state index contributed by atoms with van der Waals surface area (Å²) < 4.78 is 0. The molecule has 0 unspecified atom stereocenters. The highest BCUT2D eigenvalue weighted by Crippen LogP contribution is 2.28. The maximum absolute atomic E-state index is 11.4. The molecule has 1 saturated carbocycles. The lowest BCUT2D eigenvalue weighted by molar-refractivity contribution is -0.143. The molecule has 0 spiro atoms. The molecule has 0 bridgehead atoms. The number of amides is 1. The van der Waals surface area contributed by atoms with Crippen molar-refractivity contribution in [3.63, 3.8) is 0 Å². The summed E-state index contributed by atoms with van der Waals surface area (Å²) in [5, 5.41) is 14.7. The first-order valence-electron chi connectivity index (χ1n) is 6.44. The van der Waals surface area contributed by atoms with Crippen molar-refractivity contribution in [2.45, 2.75) is 25.7 Å². The molecule has 0 aliphatic heterocycles. The average molecular weight is 254 g/mol. The van der Waals surface area contributed by atoms with Crippen molar-refractivity contribution >= 4 is 11.9 Å². The van der Waals surface area contributed by atoms with E-state index in [-0.39, 0.29) is 11.8 Å². The van der Waals surface area contributed by atoms with Gasteiger partial charge < -0.3 is 15.7 Å². The zero-order valence-corrected chi connectivity index (χ0v) is 10.7. The number of nitrogens with one attached hydrogen (secondary N) is 2. The third-order valence-electron chi connectivity index (χ3n) is 3.36. The number of carbonyl (C=O) groups excluding carboxylic acids is 1. The van der Waals surface area contributed by atoms with Gasteiger partial charge in [-0.15, -0.1) is 6.58 Å². The first-order valence-corrected chi connectivity index (χ1v) is 6.44. The van der Waals surface area contributed by atoms with Crippen molar-refractivity contribution in [3.05, 3.63) is 12.7 Å². The van der Waals surface area contributed by atoms with Gasteiger partial charge in [0.05, 0.1) is 12.5 Å². The van der Waals surface area contributed by atoms with Crippen LogP contribution in [0.25, 0.3) is 0 Å². The normalized spacial score (nSPS) is 23.3. The van der Waals surface area contributed by atoms with Crippen LogP contribution in [-0.4, -0.2) is 36.6 Å². The molecule has 0 heterocycles. The van der Waals surface area contributed by atoms with E-state index in [2.05, 4.69) is 17.2 Å². The Hall–Kier alpha value is -1.36. The second-order valence-corrected chi connectivity index (χ2v) is 4.78. The number of hydrogen-bond acceptors (Lipinski definition) is 3. The van der Waals surface area contributed by atoms with Gasteiger partial charge in [0.2, 0.25) is 5.91 Å². The topological polar surface area (TPSA) is 78.4 Å². The van der Waals surface area contributed by atoms with E-state index in [0.717, 1.165) is 25.7 Å². The molecule has 1 aliphatic rings. The summed E-state index contributed by atoms with van der Waals surface area (Å²) in [6, 6.07) is 0. The van der Waals surface area contributed by atoms with Gasteiger partial charge in [0, 0.05) is 13.1 Å². The minimum atomic E-state index is -0.689. The van der Waals surface area contributed by atoms with E-state index in [0.29, 0.717) is 25.6 Å². The Kier molecular flexibility index (Phi) is 6.43.